The fraction of sp³-hybridized carbons (Fsp3) is 0.800. The largest absolute Gasteiger partial charge is 0.465 e. The highest BCUT2D eigenvalue weighted by atomic mass is 16.5. The van der Waals surface area contributed by atoms with Gasteiger partial charge in [0.25, 0.3) is 0 Å². The van der Waals surface area contributed by atoms with E-state index < -0.39 is 6.09 Å². The minimum atomic E-state index is -1.33. The Morgan fingerprint density at radius 2 is 1.78 bits per heavy atom. The molecule has 0 unspecified atom stereocenters. The van der Waals surface area contributed by atoms with Crippen molar-refractivity contribution in [3.05, 3.63) is 0 Å². The highest BCUT2D eigenvalue weighted by molar-refractivity contribution is 5.61. The fourth-order valence-corrected chi connectivity index (χ4v) is 0.510. The molecule has 1 saturated heterocycles. The first kappa shape index (κ1) is 8.23. The second kappa shape index (κ2) is 5.37. The van der Waals surface area contributed by atoms with Crippen LogP contribution in [-0.2, 0) is 4.74 Å². The van der Waals surface area contributed by atoms with E-state index in [1.165, 1.54) is 12.8 Å². The molecule has 1 amide bonds. The summed E-state index contributed by atoms with van der Waals surface area (Å²) in [6.45, 7) is 2.00. The summed E-state index contributed by atoms with van der Waals surface area (Å²) in [5.74, 6) is 0. The van der Waals surface area contributed by atoms with E-state index >= 15 is 0 Å². The van der Waals surface area contributed by atoms with Gasteiger partial charge in [-0.25, -0.2) is 4.79 Å². The molecule has 1 rings (SSSR count). The topological polar surface area (TPSA) is 72.5 Å². The molecule has 0 aromatic heterocycles. The summed E-state index contributed by atoms with van der Waals surface area (Å²) < 4.78 is 4.94. The second-order valence-electron chi connectivity index (χ2n) is 1.66. The van der Waals surface area contributed by atoms with Crippen LogP contribution in [0.5, 0.6) is 0 Å². The molecular weight excluding hydrogens is 122 g/mol. The number of nitrogens with two attached hydrogens (primary N) is 1. The van der Waals surface area contributed by atoms with Crippen LogP contribution in [0.3, 0.4) is 0 Å². The lowest BCUT2D eigenvalue weighted by Crippen LogP contribution is -2.03. The van der Waals surface area contributed by atoms with E-state index in [2.05, 4.69) is 5.73 Å². The van der Waals surface area contributed by atoms with Crippen LogP contribution in [0.25, 0.3) is 0 Å². The summed E-state index contributed by atoms with van der Waals surface area (Å²) in [5.41, 5.74) is 4.03. The third kappa shape index (κ3) is 11.1. The lowest BCUT2D eigenvalue weighted by atomic mass is 10.4. The van der Waals surface area contributed by atoms with Crippen molar-refractivity contribution >= 4 is 6.09 Å². The molecule has 3 N–H and O–H groups in total. The summed E-state index contributed by atoms with van der Waals surface area (Å²) in [6.07, 6.45) is 1.22. The lowest BCUT2D eigenvalue weighted by molar-refractivity contribution is 0.198. The van der Waals surface area contributed by atoms with Gasteiger partial charge in [0.15, 0.2) is 0 Å². The Labute approximate surface area is 53.6 Å². The minimum absolute atomic E-state index is 1.00. The molecule has 4 heteroatoms. The van der Waals surface area contributed by atoms with Gasteiger partial charge in [-0.2, -0.15) is 0 Å². The summed E-state index contributed by atoms with van der Waals surface area (Å²) >= 11 is 0. The van der Waals surface area contributed by atoms with Gasteiger partial charge >= 0.3 is 6.09 Å². The van der Waals surface area contributed by atoms with Gasteiger partial charge in [-0.15, -0.1) is 0 Å². The van der Waals surface area contributed by atoms with Crippen molar-refractivity contribution in [2.75, 3.05) is 13.2 Å². The van der Waals surface area contributed by atoms with Gasteiger partial charge in [0, 0.05) is 13.2 Å². The van der Waals surface area contributed by atoms with Gasteiger partial charge in [-0.3, -0.25) is 0 Å². The SMILES string of the molecule is C1CCOC1.NC(=O)O. The maximum atomic E-state index is 8.78. The molecule has 0 atom stereocenters. The Kier molecular flexibility index (Phi) is 4.91. The summed E-state index contributed by atoms with van der Waals surface area (Å²) in [4.78, 5) is 8.78. The quantitative estimate of drug-likeness (QED) is 0.503. The summed E-state index contributed by atoms with van der Waals surface area (Å²) in [7, 11) is 0. The molecule has 1 aliphatic rings. The predicted octanol–water partition coefficient (Wildman–Crippen LogP) is 0.420. The van der Waals surface area contributed by atoms with Crippen LogP contribution < -0.4 is 5.73 Å². The molecule has 1 heterocycles. The number of hydrogen-bond acceptors (Lipinski definition) is 2. The number of amides is 1. The summed E-state index contributed by atoms with van der Waals surface area (Å²) in [6, 6.07) is 0. The molecule has 0 aliphatic carbocycles. The van der Waals surface area contributed by atoms with Gasteiger partial charge in [0.1, 0.15) is 0 Å². The number of ether oxygens (including phenoxy) is 1. The standard InChI is InChI=1S/C4H8O.CH3NO2/c1-2-4-5-3-1;2-1(3)4/h1-4H2;2H2,(H,3,4). The molecule has 0 radical (unpaired) electrons. The van der Waals surface area contributed by atoms with Gasteiger partial charge in [0.2, 0.25) is 0 Å². The van der Waals surface area contributed by atoms with Crippen molar-refractivity contribution in [3.8, 4) is 0 Å². The van der Waals surface area contributed by atoms with Gasteiger partial charge < -0.3 is 15.6 Å². The molecule has 0 saturated carbocycles. The van der Waals surface area contributed by atoms with Crippen molar-refractivity contribution in [2.45, 2.75) is 12.8 Å². The Morgan fingerprint density at radius 1 is 1.44 bits per heavy atom. The third-order valence-corrected chi connectivity index (χ3v) is 0.827. The highest BCUT2D eigenvalue weighted by Gasteiger charge is 1.94. The zero-order chi connectivity index (χ0) is 7.11. The Morgan fingerprint density at radius 3 is 1.89 bits per heavy atom. The molecular formula is C5H11NO3. The third-order valence-electron chi connectivity index (χ3n) is 0.827. The molecule has 0 aromatic rings. The number of carboxylic acid groups (broad SMARTS) is 1. The van der Waals surface area contributed by atoms with Gasteiger partial charge in [-0.05, 0) is 12.8 Å². The van der Waals surface area contributed by atoms with Crippen molar-refractivity contribution in [3.63, 3.8) is 0 Å². The highest BCUT2D eigenvalue weighted by Crippen LogP contribution is 1.98. The normalized spacial score (nSPS) is 16.0. The molecule has 1 fully saturated rings. The van der Waals surface area contributed by atoms with E-state index in [4.69, 9.17) is 14.6 Å². The van der Waals surface area contributed by atoms with Crippen LogP contribution in [0.15, 0.2) is 0 Å². The predicted molar refractivity (Wildman–Crippen MR) is 32.3 cm³/mol. The zero-order valence-electron chi connectivity index (χ0n) is 5.17. The second-order valence-corrected chi connectivity index (χ2v) is 1.66. The first-order valence-corrected chi connectivity index (χ1v) is 2.79. The molecule has 0 aromatic carbocycles. The number of rotatable bonds is 0. The maximum Gasteiger partial charge on any atom is 0.402 e. The minimum Gasteiger partial charge on any atom is -0.465 e. The molecule has 54 valence electrons. The first-order valence-electron chi connectivity index (χ1n) is 2.79. The van der Waals surface area contributed by atoms with Crippen LogP contribution in [0.1, 0.15) is 12.8 Å². The molecule has 9 heavy (non-hydrogen) atoms. The Balaban J connectivity index is 0.000000148. The molecule has 1 aliphatic heterocycles. The van der Waals surface area contributed by atoms with E-state index in [1.54, 1.807) is 0 Å². The Hall–Kier alpha value is -0.770. The van der Waals surface area contributed by atoms with Gasteiger partial charge in [-0.1, -0.05) is 0 Å². The zero-order valence-corrected chi connectivity index (χ0v) is 5.17. The number of hydrogen-bond donors (Lipinski definition) is 2. The van der Waals surface area contributed by atoms with Crippen molar-refractivity contribution in [2.24, 2.45) is 5.73 Å². The number of primary amides is 1. The van der Waals surface area contributed by atoms with Crippen LogP contribution in [0.4, 0.5) is 4.79 Å². The van der Waals surface area contributed by atoms with Crippen molar-refractivity contribution in [1.82, 2.24) is 0 Å². The maximum absolute atomic E-state index is 8.78. The monoisotopic (exact) mass is 133 g/mol. The van der Waals surface area contributed by atoms with E-state index in [-0.39, 0.29) is 0 Å². The fourth-order valence-electron chi connectivity index (χ4n) is 0.510. The Bertz CT molecular complexity index is 68.7. The molecule has 0 bridgehead atoms. The van der Waals surface area contributed by atoms with E-state index in [1.807, 2.05) is 0 Å². The lowest BCUT2D eigenvalue weighted by Gasteiger charge is -1.76. The van der Waals surface area contributed by atoms with Crippen molar-refractivity contribution in [1.29, 1.82) is 0 Å². The smallest absolute Gasteiger partial charge is 0.402 e. The van der Waals surface area contributed by atoms with Crippen LogP contribution in [0.2, 0.25) is 0 Å². The van der Waals surface area contributed by atoms with Crippen LogP contribution >= 0.6 is 0 Å². The summed E-state index contributed by atoms with van der Waals surface area (Å²) in [5, 5.41) is 7.19. The number of carbonyl (C=O) groups is 1. The van der Waals surface area contributed by atoms with E-state index in [0.29, 0.717) is 0 Å². The van der Waals surface area contributed by atoms with E-state index in [9.17, 15) is 0 Å². The van der Waals surface area contributed by atoms with E-state index in [0.717, 1.165) is 13.2 Å². The molecule has 0 spiro atoms. The average molecular weight is 133 g/mol. The van der Waals surface area contributed by atoms with Gasteiger partial charge in [0.05, 0.1) is 0 Å². The van der Waals surface area contributed by atoms with Crippen molar-refractivity contribution < 1.29 is 14.6 Å². The molecule has 4 nitrogen and oxygen atoms in total. The first-order chi connectivity index (χ1) is 4.23. The average Bonchev–Trinajstić information content (AvgIpc) is 2.11. The van der Waals surface area contributed by atoms with Crippen LogP contribution in [-0.4, -0.2) is 24.4 Å². The van der Waals surface area contributed by atoms with Crippen LogP contribution in [0, 0.1) is 0 Å².